The molecule has 24 heavy (non-hydrogen) atoms. The number of nitrogens with zero attached hydrogens (tertiary/aromatic N) is 3. The van der Waals surface area contributed by atoms with Gasteiger partial charge >= 0.3 is 0 Å². The maximum atomic E-state index is 9.21. The van der Waals surface area contributed by atoms with Crippen molar-refractivity contribution in [3.63, 3.8) is 0 Å². The summed E-state index contributed by atoms with van der Waals surface area (Å²) >= 11 is 0. The Morgan fingerprint density at radius 3 is 2.58 bits per heavy atom. The smallest absolute Gasteiger partial charge is 0.165 e. The van der Waals surface area contributed by atoms with E-state index in [0.717, 1.165) is 51.5 Å². The molecular weight excluding hydrogens is 300 g/mol. The lowest BCUT2D eigenvalue weighted by atomic mass is 10.0. The van der Waals surface area contributed by atoms with Gasteiger partial charge in [0.15, 0.2) is 5.65 Å². The number of nitrogens with two attached hydrogens (primary N) is 1. The average molecular weight is 324 g/mol. The van der Waals surface area contributed by atoms with Crippen LogP contribution in [0.5, 0.6) is 0 Å². The number of hydrogen-bond acceptors (Lipinski definition) is 4. The molecule has 0 atom stereocenters. The van der Waals surface area contributed by atoms with Crippen LogP contribution in [0.25, 0.3) is 16.9 Å². The second kappa shape index (κ2) is 6.71. The number of aromatic nitrogens is 3. The number of aliphatic hydroxyl groups excluding tert-OH is 1. The highest BCUT2D eigenvalue weighted by Gasteiger charge is 2.15. The molecule has 0 aliphatic heterocycles. The van der Waals surface area contributed by atoms with Gasteiger partial charge in [0.25, 0.3) is 0 Å². The molecule has 0 aliphatic rings. The van der Waals surface area contributed by atoms with Crippen LogP contribution in [-0.4, -0.2) is 26.2 Å². The van der Waals surface area contributed by atoms with Gasteiger partial charge in [-0.25, -0.2) is 9.97 Å². The topological polar surface area (TPSA) is 77.0 Å². The number of aryl methyl sites for hydroxylation is 3. The lowest BCUT2D eigenvalue weighted by molar-refractivity contribution is 0.299. The zero-order chi connectivity index (χ0) is 17.3. The van der Waals surface area contributed by atoms with E-state index < -0.39 is 0 Å². The molecule has 0 spiro atoms. The van der Waals surface area contributed by atoms with Crippen molar-refractivity contribution in [3.05, 3.63) is 52.5 Å². The van der Waals surface area contributed by atoms with Gasteiger partial charge in [-0.2, -0.15) is 0 Å². The lowest BCUT2D eigenvalue weighted by Crippen LogP contribution is -2.07. The number of rotatable bonds is 5. The number of imidazole rings is 1. The molecule has 126 valence electrons. The van der Waals surface area contributed by atoms with E-state index in [4.69, 9.17) is 15.7 Å². The Labute approximate surface area is 142 Å². The molecule has 5 heteroatoms. The third-order valence-electron chi connectivity index (χ3n) is 4.37. The summed E-state index contributed by atoms with van der Waals surface area (Å²) in [4.78, 5) is 9.52. The first-order valence-corrected chi connectivity index (χ1v) is 8.37. The van der Waals surface area contributed by atoms with Gasteiger partial charge in [0.05, 0.1) is 0 Å². The maximum absolute atomic E-state index is 9.21. The molecule has 0 amide bonds. The van der Waals surface area contributed by atoms with Gasteiger partial charge in [0, 0.05) is 31.0 Å². The Bertz CT molecular complexity index is 883. The molecule has 0 radical (unpaired) electrons. The minimum atomic E-state index is 0.126. The van der Waals surface area contributed by atoms with Gasteiger partial charge in [0.1, 0.15) is 11.3 Å². The van der Waals surface area contributed by atoms with E-state index in [1.807, 2.05) is 13.0 Å². The maximum Gasteiger partial charge on any atom is 0.165 e. The fourth-order valence-electron chi connectivity index (χ4n) is 3.22. The Hall–Kier alpha value is -2.24. The molecular formula is C19H24N4O. The summed E-state index contributed by atoms with van der Waals surface area (Å²) < 4.78 is 2.12. The SMILES string of the molecule is CCc1nc2c(C)cc(C)nc2n1-c1ccc(CCO)c(CN)c1. The highest BCUT2D eigenvalue weighted by Crippen LogP contribution is 2.25. The van der Waals surface area contributed by atoms with Crippen LogP contribution in [0.2, 0.25) is 0 Å². The fraction of sp³-hybridized carbons (Fsp3) is 0.368. The predicted molar refractivity (Wildman–Crippen MR) is 96.4 cm³/mol. The molecule has 0 saturated carbocycles. The van der Waals surface area contributed by atoms with Crippen LogP contribution >= 0.6 is 0 Å². The largest absolute Gasteiger partial charge is 0.396 e. The fourth-order valence-corrected chi connectivity index (χ4v) is 3.22. The summed E-state index contributed by atoms with van der Waals surface area (Å²) in [6.45, 7) is 6.75. The molecule has 0 bridgehead atoms. The summed E-state index contributed by atoms with van der Waals surface area (Å²) in [6, 6.07) is 8.25. The predicted octanol–water partition coefficient (Wildman–Crippen LogP) is 2.59. The van der Waals surface area contributed by atoms with Crippen molar-refractivity contribution in [3.8, 4) is 5.69 Å². The van der Waals surface area contributed by atoms with E-state index in [2.05, 4.69) is 36.6 Å². The third kappa shape index (κ3) is 2.81. The third-order valence-corrected chi connectivity index (χ3v) is 4.37. The molecule has 0 aliphatic carbocycles. The van der Waals surface area contributed by atoms with Crippen LogP contribution < -0.4 is 5.73 Å². The van der Waals surface area contributed by atoms with Gasteiger partial charge < -0.3 is 10.8 Å². The molecule has 5 nitrogen and oxygen atoms in total. The molecule has 2 heterocycles. The number of pyridine rings is 1. The first kappa shape index (κ1) is 16.6. The summed E-state index contributed by atoms with van der Waals surface area (Å²) in [7, 11) is 0. The summed E-state index contributed by atoms with van der Waals surface area (Å²) in [5, 5.41) is 9.21. The van der Waals surface area contributed by atoms with Crippen molar-refractivity contribution in [1.82, 2.24) is 14.5 Å². The highest BCUT2D eigenvalue weighted by atomic mass is 16.2. The molecule has 1 aromatic carbocycles. The Morgan fingerprint density at radius 2 is 1.92 bits per heavy atom. The van der Waals surface area contributed by atoms with Crippen molar-refractivity contribution >= 4 is 11.2 Å². The standard InChI is InChI=1S/C19H24N4O/c1-4-17-22-18-12(2)9-13(3)21-19(18)23(17)16-6-5-14(7-8-24)15(10-16)11-20/h5-6,9-10,24H,4,7-8,11,20H2,1-3H3. The van der Waals surface area contributed by atoms with Crippen molar-refractivity contribution in [2.75, 3.05) is 6.61 Å². The number of hydrogen-bond donors (Lipinski definition) is 2. The Kier molecular flexibility index (Phi) is 4.64. The number of benzene rings is 1. The average Bonchev–Trinajstić information content (AvgIpc) is 2.94. The quantitative estimate of drug-likeness (QED) is 0.756. The highest BCUT2D eigenvalue weighted by molar-refractivity contribution is 5.78. The normalized spacial score (nSPS) is 11.4. The van der Waals surface area contributed by atoms with Crippen LogP contribution in [0, 0.1) is 13.8 Å². The van der Waals surface area contributed by atoms with Crippen LogP contribution in [0.1, 0.15) is 35.1 Å². The lowest BCUT2D eigenvalue weighted by Gasteiger charge is -2.13. The van der Waals surface area contributed by atoms with E-state index in [1.165, 1.54) is 0 Å². The van der Waals surface area contributed by atoms with Gasteiger partial charge in [0.2, 0.25) is 0 Å². The molecule has 3 N–H and O–H groups in total. The van der Waals surface area contributed by atoms with Gasteiger partial charge in [-0.05, 0) is 55.2 Å². The number of aliphatic hydroxyl groups is 1. The van der Waals surface area contributed by atoms with Crippen LogP contribution in [0.15, 0.2) is 24.3 Å². The molecule has 3 rings (SSSR count). The number of fused-ring (bicyclic) bond motifs is 1. The molecule has 2 aromatic heterocycles. The van der Waals surface area contributed by atoms with Crippen LogP contribution in [-0.2, 0) is 19.4 Å². The zero-order valence-electron chi connectivity index (χ0n) is 14.5. The van der Waals surface area contributed by atoms with Crippen molar-refractivity contribution in [2.24, 2.45) is 5.73 Å². The van der Waals surface area contributed by atoms with E-state index >= 15 is 0 Å². The Morgan fingerprint density at radius 1 is 1.12 bits per heavy atom. The van der Waals surface area contributed by atoms with Gasteiger partial charge in [-0.15, -0.1) is 0 Å². The van der Waals surface area contributed by atoms with Crippen molar-refractivity contribution in [1.29, 1.82) is 0 Å². The van der Waals surface area contributed by atoms with Gasteiger partial charge in [-0.1, -0.05) is 13.0 Å². The van der Waals surface area contributed by atoms with E-state index in [9.17, 15) is 5.11 Å². The molecule has 0 saturated heterocycles. The van der Waals surface area contributed by atoms with Crippen LogP contribution in [0.3, 0.4) is 0 Å². The molecule has 3 aromatic rings. The second-order valence-electron chi connectivity index (χ2n) is 6.10. The van der Waals surface area contributed by atoms with Gasteiger partial charge in [-0.3, -0.25) is 4.57 Å². The van der Waals surface area contributed by atoms with Crippen molar-refractivity contribution in [2.45, 2.75) is 40.2 Å². The summed E-state index contributed by atoms with van der Waals surface area (Å²) in [5.41, 5.74) is 13.0. The van der Waals surface area contributed by atoms with Crippen molar-refractivity contribution < 1.29 is 5.11 Å². The van der Waals surface area contributed by atoms with E-state index in [1.54, 1.807) is 0 Å². The first-order chi connectivity index (χ1) is 11.6. The Balaban J connectivity index is 2.25. The molecule has 0 unspecified atom stereocenters. The second-order valence-corrected chi connectivity index (χ2v) is 6.10. The first-order valence-electron chi connectivity index (χ1n) is 8.37. The summed E-state index contributed by atoms with van der Waals surface area (Å²) in [6.07, 6.45) is 1.44. The monoisotopic (exact) mass is 324 g/mol. The summed E-state index contributed by atoms with van der Waals surface area (Å²) in [5.74, 6) is 0.990. The molecule has 0 fully saturated rings. The van der Waals surface area contributed by atoms with Crippen LogP contribution in [0.4, 0.5) is 0 Å². The van der Waals surface area contributed by atoms with E-state index in [-0.39, 0.29) is 6.61 Å². The van der Waals surface area contributed by atoms with E-state index in [0.29, 0.717) is 13.0 Å². The minimum Gasteiger partial charge on any atom is -0.396 e. The minimum absolute atomic E-state index is 0.126. The zero-order valence-corrected chi connectivity index (χ0v) is 14.5.